The third-order valence-corrected chi connectivity index (χ3v) is 4.26. The summed E-state index contributed by atoms with van der Waals surface area (Å²) in [6.07, 6.45) is 0. The van der Waals surface area contributed by atoms with Crippen molar-refractivity contribution in [2.75, 3.05) is 31.6 Å². The monoisotopic (exact) mass is 326 g/mol. The molecule has 1 fully saturated rings. The molecule has 104 valence electrons. The molecule has 1 aliphatic rings. The van der Waals surface area contributed by atoms with Gasteiger partial charge in [-0.05, 0) is 38.2 Å². The van der Waals surface area contributed by atoms with Gasteiger partial charge in [-0.25, -0.2) is 0 Å². The van der Waals surface area contributed by atoms with Crippen LogP contribution >= 0.6 is 15.9 Å². The predicted molar refractivity (Wildman–Crippen MR) is 79.6 cm³/mol. The standard InChI is InChI=1S/C14H19BrN2O2/c1-10-7-17(13-5-3-12(15)4-6-13)9-11(14(18)19)8-16(10)2/h3-6,10-11H,7-9H2,1-2H3,(H,18,19). The van der Waals surface area contributed by atoms with Gasteiger partial charge in [-0.2, -0.15) is 0 Å². The maximum atomic E-state index is 11.3. The minimum Gasteiger partial charge on any atom is -0.481 e. The lowest BCUT2D eigenvalue weighted by atomic mass is 10.1. The van der Waals surface area contributed by atoms with Gasteiger partial charge in [0.25, 0.3) is 0 Å². The molecule has 0 bridgehead atoms. The van der Waals surface area contributed by atoms with Crippen LogP contribution in [-0.2, 0) is 4.79 Å². The lowest BCUT2D eigenvalue weighted by Crippen LogP contribution is -2.36. The zero-order chi connectivity index (χ0) is 14.0. The number of carboxylic acid groups (broad SMARTS) is 1. The van der Waals surface area contributed by atoms with E-state index < -0.39 is 5.97 Å². The molecule has 0 saturated carbocycles. The molecule has 2 rings (SSSR count). The van der Waals surface area contributed by atoms with Gasteiger partial charge in [0.15, 0.2) is 0 Å². The third kappa shape index (κ3) is 3.48. The van der Waals surface area contributed by atoms with Crippen LogP contribution in [0.4, 0.5) is 5.69 Å². The van der Waals surface area contributed by atoms with E-state index >= 15 is 0 Å². The smallest absolute Gasteiger partial charge is 0.309 e. The number of nitrogens with zero attached hydrogens (tertiary/aromatic N) is 2. The molecule has 1 saturated heterocycles. The summed E-state index contributed by atoms with van der Waals surface area (Å²) in [6, 6.07) is 8.38. The van der Waals surface area contributed by atoms with Crippen LogP contribution < -0.4 is 4.90 Å². The van der Waals surface area contributed by atoms with Crippen LogP contribution in [0.2, 0.25) is 0 Å². The molecule has 1 aromatic rings. The van der Waals surface area contributed by atoms with E-state index in [1.54, 1.807) is 0 Å². The highest BCUT2D eigenvalue weighted by atomic mass is 79.9. The Bertz CT molecular complexity index is 449. The molecule has 2 unspecified atom stereocenters. The van der Waals surface area contributed by atoms with Gasteiger partial charge >= 0.3 is 5.97 Å². The summed E-state index contributed by atoms with van der Waals surface area (Å²) in [5, 5.41) is 9.32. The molecule has 0 amide bonds. The number of anilines is 1. The van der Waals surface area contributed by atoms with Gasteiger partial charge in [0.2, 0.25) is 0 Å². The molecule has 4 nitrogen and oxygen atoms in total. The van der Waals surface area contributed by atoms with E-state index in [4.69, 9.17) is 0 Å². The van der Waals surface area contributed by atoms with Crippen molar-refractivity contribution in [1.82, 2.24) is 4.90 Å². The first-order valence-corrected chi connectivity index (χ1v) is 7.20. The molecule has 0 radical (unpaired) electrons. The minimum atomic E-state index is -0.719. The number of halogens is 1. The molecule has 0 aromatic heterocycles. The number of carbonyl (C=O) groups is 1. The fourth-order valence-electron chi connectivity index (χ4n) is 2.40. The second-order valence-corrected chi connectivity index (χ2v) is 6.12. The van der Waals surface area contributed by atoms with Gasteiger partial charge in [0.05, 0.1) is 5.92 Å². The largest absolute Gasteiger partial charge is 0.481 e. The first kappa shape index (κ1) is 14.3. The predicted octanol–water partition coefficient (Wildman–Crippen LogP) is 2.29. The van der Waals surface area contributed by atoms with Crippen molar-refractivity contribution in [3.63, 3.8) is 0 Å². The van der Waals surface area contributed by atoms with Crippen LogP contribution in [0.1, 0.15) is 6.92 Å². The first-order chi connectivity index (χ1) is 8.97. The Labute approximate surface area is 122 Å². The maximum absolute atomic E-state index is 11.3. The van der Waals surface area contributed by atoms with E-state index in [1.165, 1.54) is 0 Å². The fourth-order valence-corrected chi connectivity index (χ4v) is 2.67. The molecular formula is C14H19BrN2O2. The van der Waals surface area contributed by atoms with E-state index in [1.807, 2.05) is 31.3 Å². The molecule has 0 spiro atoms. The van der Waals surface area contributed by atoms with E-state index in [2.05, 4.69) is 32.7 Å². The Kier molecular flexibility index (Phi) is 4.47. The summed E-state index contributed by atoms with van der Waals surface area (Å²) in [5.41, 5.74) is 1.08. The van der Waals surface area contributed by atoms with Crippen LogP contribution in [0.5, 0.6) is 0 Å². The zero-order valence-corrected chi connectivity index (χ0v) is 12.8. The van der Waals surface area contributed by atoms with Crippen LogP contribution in [0.3, 0.4) is 0 Å². The second kappa shape index (κ2) is 5.92. The van der Waals surface area contributed by atoms with E-state index in [-0.39, 0.29) is 5.92 Å². The Morgan fingerprint density at radius 2 is 1.89 bits per heavy atom. The second-order valence-electron chi connectivity index (χ2n) is 5.21. The Balaban J connectivity index is 2.23. The Hall–Kier alpha value is -1.07. The van der Waals surface area contributed by atoms with Gasteiger partial charge in [-0.15, -0.1) is 0 Å². The summed E-state index contributed by atoms with van der Waals surface area (Å²) in [5.74, 6) is -1.07. The molecule has 2 atom stereocenters. The van der Waals surface area contributed by atoms with Gasteiger partial charge in [-0.1, -0.05) is 15.9 Å². The van der Waals surface area contributed by atoms with Crippen molar-refractivity contribution in [3.8, 4) is 0 Å². The average Bonchev–Trinajstić information content (AvgIpc) is 2.51. The normalized spacial score (nSPS) is 25.1. The number of hydrogen-bond donors (Lipinski definition) is 1. The topological polar surface area (TPSA) is 43.8 Å². The highest BCUT2D eigenvalue weighted by Gasteiger charge is 2.29. The third-order valence-electron chi connectivity index (χ3n) is 3.73. The summed E-state index contributed by atoms with van der Waals surface area (Å²) in [6.45, 7) is 4.15. The lowest BCUT2D eigenvalue weighted by Gasteiger charge is -2.27. The van der Waals surface area contributed by atoms with Gasteiger partial charge in [-0.3, -0.25) is 4.79 Å². The lowest BCUT2D eigenvalue weighted by molar-refractivity contribution is -0.141. The highest BCUT2D eigenvalue weighted by Crippen LogP contribution is 2.23. The van der Waals surface area contributed by atoms with Crippen LogP contribution in [0.15, 0.2) is 28.7 Å². The summed E-state index contributed by atoms with van der Waals surface area (Å²) in [4.78, 5) is 15.6. The molecule has 1 N–H and O–H groups in total. The summed E-state index contributed by atoms with van der Waals surface area (Å²) in [7, 11) is 1.99. The number of carboxylic acids is 1. The van der Waals surface area contributed by atoms with Crippen molar-refractivity contribution in [1.29, 1.82) is 0 Å². The average molecular weight is 327 g/mol. The molecule has 1 aliphatic heterocycles. The van der Waals surface area contributed by atoms with Crippen molar-refractivity contribution in [3.05, 3.63) is 28.7 Å². The minimum absolute atomic E-state index is 0.341. The molecule has 5 heteroatoms. The van der Waals surface area contributed by atoms with Crippen LogP contribution in [0, 0.1) is 5.92 Å². The van der Waals surface area contributed by atoms with Crippen LogP contribution in [-0.4, -0.2) is 48.7 Å². The maximum Gasteiger partial charge on any atom is 0.309 e. The molecule has 0 aliphatic carbocycles. The number of benzene rings is 1. The number of hydrogen-bond acceptors (Lipinski definition) is 3. The molecule has 1 heterocycles. The van der Waals surface area contributed by atoms with Gasteiger partial charge in [0, 0.05) is 35.8 Å². The molecule has 1 aromatic carbocycles. The summed E-state index contributed by atoms with van der Waals surface area (Å²) < 4.78 is 1.03. The Morgan fingerprint density at radius 3 is 2.47 bits per heavy atom. The molecular weight excluding hydrogens is 308 g/mol. The number of likely N-dealkylation sites (N-methyl/N-ethyl adjacent to an activating group) is 1. The summed E-state index contributed by atoms with van der Waals surface area (Å²) >= 11 is 3.42. The van der Waals surface area contributed by atoms with Crippen molar-refractivity contribution in [2.24, 2.45) is 5.92 Å². The van der Waals surface area contributed by atoms with E-state index in [9.17, 15) is 9.90 Å². The zero-order valence-electron chi connectivity index (χ0n) is 11.2. The van der Waals surface area contributed by atoms with Crippen molar-refractivity contribution in [2.45, 2.75) is 13.0 Å². The van der Waals surface area contributed by atoms with E-state index in [0.29, 0.717) is 19.1 Å². The van der Waals surface area contributed by atoms with Crippen LogP contribution in [0.25, 0.3) is 0 Å². The number of rotatable bonds is 2. The first-order valence-electron chi connectivity index (χ1n) is 6.41. The van der Waals surface area contributed by atoms with Crippen molar-refractivity contribution >= 4 is 27.6 Å². The van der Waals surface area contributed by atoms with E-state index in [0.717, 1.165) is 16.7 Å². The fraction of sp³-hybridized carbons (Fsp3) is 0.500. The van der Waals surface area contributed by atoms with Gasteiger partial charge < -0.3 is 14.9 Å². The number of aliphatic carboxylic acids is 1. The Morgan fingerprint density at radius 1 is 1.26 bits per heavy atom. The van der Waals surface area contributed by atoms with Gasteiger partial charge in [0.1, 0.15) is 0 Å². The quantitative estimate of drug-likeness (QED) is 0.905. The van der Waals surface area contributed by atoms with Crippen molar-refractivity contribution < 1.29 is 9.90 Å². The SMILES string of the molecule is CC1CN(c2ccc(Br)cc2)CC(C(=O)O)CN1C. The molecule has 19 heavy (non-hydrogen) atoms. The highest BCUT2D eigenvalue weighted by molar-refractivity contribution is 9.10.